The van der Waals surface area contributed by atoms with Crippen LogP contribution >= 0.6 is 10.7 Å². The second-order valence-electron chi connectivity index (χ2n) is 2.47. The van der Waals surface area contributed by atoms with Crippen LogP contribution in [0.25, 0.3) is 0 Å². The molecule has 0 amide bonds. The molecule has 13 heavy (non-hydrogen) atoms. The Kier molecular flexibility index (Phi) is 2.72. The molecule has 0 spiro atoms. The number of hydrogen-bond acceptors (Lipinski definition) is 4. The third kappa shape index (κ3) is 2.53. The minimum absolute atomic E-state index is 0.0941. The van der Waals surface area contributed by atoms with Gasteiger partial charge in [0.15, 0.2) is 0 Å². The topological polar surface area (TPSA) is 77.3 Å². The van der Waals surface area contributed by atoms with Crippen molar-refractivity contribution in [2.75, 3.05) is 0 Å². The third-order valence-electron chi connectivity index (χ3n) is 1.58. The average Bonchev–Trinajstić information content (AvgIpc) is 2.03. The Morgan fingerprint density at radius 3 is 2.62 bits per heavy atom. The minimum Gasteiger partial charge on any atom is -0.258 e. The molecule has 0 saturated carbocycles. The van der Waals surface area contributed by atoms with Crippen LogP contribution in [0.5, 0.6) is 0 Å². The Morgan fingerprint density at radius 1 is 1.54 bits per heavy atom. The first kappa shape index (κ1) is 10.2. The van der Waals surface area contributed by atoms with E-state index in [-0.39, 0.29) is 17.0 Å². The quantitative estimate of drug-likeness (QED) is 0.403. The third-order valence-corrected chi connectivity index (χ3v) is 3.12. The van der Waals surface area contributed by atoms with Gasteiger partial charge in [0.2, 0.25) is 0 Å². The lowest BCUT2D eigenvalue weighted by atomic mass is 10.1. The summed E-state index contributed by atoms with van der Waals surface area (Å²) in [5, 5.41) is 10.3. The molecule has 7 heteroatoms. The van der Waals surface area contributed by atoms with Crippen LogP contribution in [0, 0.1) is 10.1 Å². The summed E-state index contributed by atoms with van der Waals surface area (Å²) in [7, 11) is 1.23. The van der Waals surface area contributed by atoms with E-state index in [2.05, 4.69) is 0 Å². The molecule has 0 aromatic heterocycles. The summed E-state index contributed by atoms with van der Waals surface area (Å²) < 4.78 is 21.6. The van der Waals surface area contributed by atoms with Gasteiger partial charge in [-0.1, -0.05) is 0 Å². The molecule has 0 aliphatic heterocycles. The SMILES string of the molecule is O=[N+]([O-])C1=CCCC(S(=O)(=O)Cl)=C1. The molecule has 1 rings (SSSR count). The number of nitro groups is 1. The van der Waals surface area contributed by atoms with Crippen LogP contribution in [0.4, 0.5) is 0 Å². The first-order valence-corrected chi connectivity index (χ1v) is 5.72. The Morgan fingerprint density at radius 2 is 2.15 bits per heavy atom. The van der Waals surface area contributed by atoms with Gasteiger partial charge < -0.3 is 0 Å². The van der Waals surface area contributed by atoms with Crippen LogP contribution in [0.15, 0.2) is 22.8 Å². The van der Waals surface area contributed by atoms with Crippen LogP contribution < -0.4 is 0 Å². The molecule has 0 heterocycles. The van der Waals surface area contributed by atoms with Crippen LogP contribution in [-0.4, -0.2) is 13.3 Å². The van der Waals surface area contributed by atoms with Crippen molar-refractivity contribution < 1.29 is 13.3 Å². The second kappa shape index (κ2) is 3.47. The number of halogens is 1. The average molecular weight is 224 g/mol. The van der Waals surface area contributed by atoms with Crippen molar-refractivity contribution in [3.63, 3.8) is 0 Å². The van der Waals surface area contributed by atoms with Gasteiger partial charge in [0.1, 0.15) is 0 Å². The van der Waals surface area contributed by atoms with Gasteiger partial charge in [-0.05, 0) is 18.9 Å². The second-order valence-corrected chi connectivity index (χ2v) is 5.09. The van der Waals surface area contributed by atoms with Crippen molar-refractivity contribution in [1.29, 1.82) is 0 Å². The number of hydrogen-bond donors (Lipinski definition) is 0. The zero-order valence-corrected chi connectivity index (χ0v) is 8.01. The highest BCUT2D eigenvalue weighted by Crippen LogP contribution is 2.24. The maximum Gasteiger partial charge on any atom is 0.266 e. The van der Waals surface area contributed by atoms with Gasteiger partial charge in [-0.3, -0.25) is 10.1 Å². The largest absolute Gasteiger partial charge is 0.266 e. The molecule has 1 aliphatic rings. The van der Waals surface area contributed by atoms with Crippen LogP contribution in [-0.2, 0) is 9.05 Å². The molecule has 72 valence electrons. The summed E-state index contributed by atoms with van der Waals surface area (Å²) in [6, 6.07) is 0. The highest BCUT2D eigenvalue weighted by atomic mass is 35.7. The highest BCUT2D eigenvalue weighted by Gasteiger charge is 2.21. The summed E-state index contributed by atoms with van der Waals surface area (Å²) in [6.07, 6.45) is 2.91. The standard InChI is InChI=1S/C6H6ClNO4S/c7-13(11,12)6-3-1-2-5(4-6)8(9)10/h2,4H,1,3H2. The molecule has 0 aromatic carbocycles. The smallest absolute Gasteiger partial charge is 0.258 e. The maximum absolute atomic E-state index is 10.8. The molecule has 0 N–H and O–H groups in total. The normalized spacial score (nSPS) is 17.6. The van der Waals surface area contributed by atoms with E-state index in [9.17, 15) is 18.5 Å². The molecule has 0 radical (unpaired) electrons. The predicted octanol–water partition coefficient (Wildman–Crippen LogP) is 1.39. The summed E-state index contributed by atoms with van der Waals surface area (Å²) >= 11 is 0. The molecule has 0 fully saturated rings. The Bertz CT molecular complexity index is 395. The molecule has 0 atom stereocenters. The van der Waals surface area contributed by atoms with Crippen LogP contribution in [0.2, 0.25) is 0 Å². The lowest BCUT2D eigenvalue weighted by Gasteiger charge is -2.05. The summed E-state index contributed by atoms with van der Waals surface area (Å²) in [4.78, 5) is 9.55. The van der Waals surface area contributed by atoms with E-state index in [1.165, 1.54) is 6.08 Å². The Balaban J connectivity index is 3.05. The van der Waals surface area contributed by atoms with E-state index >= 15 is 0 Å². The number of nitrogens with zero attached hydrogens (tertiary/aromatic N) is 1. The summed E-state index contributed by atoms with van der Waals surface area (Å²) in [5.41, 5.74) is -0.217. The molecule has 5 nitrogen and oxygen atoms in total. The van der Waals surface area contributed by atoms with Crippen molar-refractivity contribution in [2.24, 2.45) is 0 Å². The summed E-state index contributed by atoms with van der Waals surface area (Å²) in [6.45, 7) is 0. The first-order chi connectivity index (χ1) is 5.91. The van der Waals surface area contributed by atoms with E-state index in [4.69, 9.17) is 10.7 Å². The van der Waals surface area contributed by atoms with Crippen molar-refractivity contribution in [3.05, 3.63) is 32.9 Å². The zero-order chi connectivity index (χ0) is 10.1. The molecule has 0 bridgehead atoms. The van der Waals surface area contributed by atoms with Gasteiger partial charge >= 0.3 is 0 Å². The van der Waals surface area contributed by atoms with Crippen molar-refractivity contribution in [2.45, 2.75) is 12.8 Å². The van der Waals surface area contributed by atoms with Crippen molar-refractivity contribution >= 4 is 19.7 Å². The molecule has 0 aromatic rings. The number of rotatable bonds is 2. The van der Waals surface area contributed by atoms with Gasteiger partial charge in [-0.25, -0.2) is 8.42 Å². The monoisotopic (exact) mass is 223 g/mol. The highest BCUT2D eigenvalue weighted by molar-refractivity contribution is 8.16. The molecular weight excluding hydrogens is 218 g/mol. The molecule has 0 saturated heterocycles. The fourth-order valence-corrected chi connectivity index (χ4v) is 1.97. The van der Waals surface area contributed by atoms with Crippen LogP contribution in [0.3, 0.4) is 0 Å². The van der Waals surface area contributed by atoms with Crippen molar-refractivity contribution in [3.8, 4) is 0 Å². The van der Waals surface area contributed by atoms with Crippen molar-refractivity contribution in [1.82, 2.24) is 0 Å². The van der Waals surface area contributed by atoms with E-state index in [1.54, 1.807) is 0 Å². The van der Waals surface area contributed by atoms with E-state index in [0.29, 0.717) is 6.42 Å². The maximum atomic E-state index is 10.8. The summed E-state index contributed by atoms with van der Waals surface area (Å²) in [5.74, 6) is 0. The Hall–Kier alpha value is -0.880. The predicted molar refractivity (Wildman–Crippen MR) is 47.2 cm³/mol. The van der Waals surface area contributed by atoms with Gasteiger partial charge in [0, 0.05) is 16.8 Å². The van der Waals surface area contributed by atoms with Gasteiger partial charge in [0.25, 0.3) is 14.7 Å². The van der Waals surface area contributed by atoms with E-state index in [0.717, 1.165) is 6.08 Å². The molecule has 1 aliphatic carbocycles. The lowest BCUT2D eigenvalue weighted by Crippen LogP contribution is -2.05. The first-order valence-electron chi connectivity index (χ1n) is 3.41. The zero-order valence-electron chi connectivity index (χ0n) is 6.44. The van der Waals surface area contributed by atoms with E-state index in [1.807, 2.05) is 0 Å². The lowest BCUT2D eigenvalue weighted by molar-refractivity contribution is -0.419. The van der Waals surface area contributed by atoms with Gasteiger partial charge in [0.05, 0.1) is 9.83 Å². The minimum atomic E-state index is -3.80. The molecular formula is C6H6ClNO4S. The fourth-order valence-electron chi connectivity index (χ4n) is 0.978. The Labute approximate surface area is 79.3 Å². The fraction of sp³-hybridized carbons (Fsp3) is 0.333. The van der Waals surface area contributed by atoms with E-state index < -0.39 is 14.0 Å². The van der Waals surface area contributed by atoms with Gasteiger partial charge in [-0.15, -0.1) is 0 Å². The van der Waals surface area contributed by atoms with Crippen LogP contribution in [0.1, 0.15) is 12.8 Å². The van der Waals surface area contributed by atoms with Gasteiger partial charge in [-0.2, -0.15) is 0 Å². The molecule has 0 unspecified atom stereocenters. The number of allylic oxidation sites excluding steroid dienone is 3.